The van der Waals surface area contributed by atoms with Crippen molar-refractivity contribution in [3.05, 3.63) is 0 Å². The molecule has 0 aromatic carbocycles. The highest BCUT2D eigenvalue weighted by molar-refractivity contribution is 4.93. The Morgan fingerprint density at radius 3 is 2.50 bits per heavy atom. The maximum atomic E-state index is 10.5. The summed E-state index contributed by atoms with van der Waals surface area (Å²) in [7, 11) is 0. The van der Waals surface area contributed by atoms with Gasteiger partial charge in [0.25, 0.3) is 0 Å². The summed E-state index contributed by atoms with van der Waals surface area (Å²) in [5.41, 5.74) is -0.611. The predicted molar refractivity (Wildman–Crippen MR) is 58.0 cm³/mol. The van der Waals surface area contributed by atoms with E-state index in [1.807, 2.05) is 0 Å². The molecule has 0 spiro atoms. The molecule has 0 radical (unpaired) electrons. The number of hydrogen-bond acceptors (Lipinski definition) is 2. The molecule has 14 heavy (non-hydrogen) atoms. The van der Waals surface area contributed by atoms with Crippen molar-refractivity contribution in [3.63, 3.8) is 0 Å². The van der Waals surface area contributed by atoms with Gasteiger partial charge in [0.2, 0.25) is 0 Å². The van der Waals surface area contributed by atoms with Crippen LogP contribution in [0.15, 0.2) is 0 Å². The summed E-state index contributed by atoms with van der Waals surface area (Å²) in [5.74, 6) is 1.48. The summed E-state index contributed by atoms with van der Waals surface area (Å²) in [4.78, 5) is 0. The Bertz CT molecular complexity index is 179. The van der Waals surface area contributed by atoms with E-state index in [2.05, 4.69) is 20.8 Å². The first-order valence-corrected chi connectivity index (χ1v) is 5.83. The molecule has 0 aromatic heterocycles. The molecular formula is C12H24O2. The fourth-order valence-electron chi connectivity index (χ4n) is 3.02. The van der Waals surface area contributed by atoms with Gasteiger partial charge in [-0.1, -0.05) is 27.2 Å². The van der Waals surface area contributed by atoms with E-state index in [4.69, 9.17) is 5.11 Å². The molecule has 2 heteroatoms. The van der Waals surface area contributed by atoms with Crippen LogP contribution < -0.4 is 0 Å². The van der Waals surface area contributed by atoms with Gasteiger partial charge in [-0.15, -0.1) is 0 Å². The fraction of sp³-hybridized carbons (Fsp3) is 1.00. The predicted octanol–water partition coefficient (Wildman–Crippen LogP) is 2.19. The molecule has 1 aliphatic rings. The van der Waals surface area contributed by atoms with Crippen molar-refractivity contribution in [3.8, 4) is 0 Å². The number of rotatable bonds is 3. The molecule has 2 N–H and O–H groups in total. The number of hydrogen-bond donors (Lipinski definition) is 2. The van der Waals surface area contributed by atoms with Crippen LogP contribution in [0.5, 0.6) is 0 Å². The van der Waals surface area contributed by atoms with E-state index in [0.717, 1.165) is 12.8 Å². The monoisotopic (exact) mass is 200 g/mol. The van der Waals surface area contributed by atoms with Crippen molar-refractivity contribution in [2.75, 3.05) is 6.61 Å². The first-order chi connectivity index (χ1) is 6.49. The molecule has 0 aromatic rings. The van der Waals surface area contributed by atoms with Gasteiger partial charge in [0.05, 0.1) is 5.60 Å². The summed E-state index contributed by atoms with van der Waals surface area (Å²) >= 11 is 0. The van der Waals surface area contributed by atoms with Crippen LogP contribution in [0.4, 0.5) is 0 Å². The first-order valence-electron chi connectivity index (χ1n) is 5.83. The van der Waals surface area contributed by atoms with E-state index in [1.165, 1.54) is 6.42 Å². The van der Waals surface area contributed by atoms with Crippen LogP contribution >= 0.6 is 0 Å². The van der Waals surface area contributed by atoms with Gasteiger partial charge >= 0.3 is 0 Å². The molecule has 0 unspecified atom stereocenters. The summed E-state index contributed by atoms with van der Waals surface area (Å²) in [6.45, 7) is 6.64. The molecule has 2 nitrogen and oxygen atoms in total. The molecule has 0 saturated heterocycles. The maximum absolute atomic E-state index is 10.5. The zero-order valence-corrected chi connectivity index (χ0v) is 9.66. The van der Waals surface area contributed by atoms with E-state index >= 15 is 0 Å². The van der Waals surface area contributed by atoms with Crippen molar-refractivity contribution in [1.82, 2.24) is 0 Å². The lowest BCUT2D eigenvalue weighted by atomic mass is 9.66. The average molecular weight is 200 g/mol. The molecule has 1 saturated carbocycles. The molecule has 0 bridgehead atoms. The number of aliphatic hydroxyl groups excluding tert-OH is 1. The van der Waals surface area contributed by atoms with Gasteiger partial charge in [0.15, 0.2) is 0 Å². The minimum absolute atomic E-state index is 0.104. The second-order valence-corrected chi connectivity index (χ2v) is 5.31. The third kappa shape index (κ3) is 2.48. The van der Waals surface area contributed by atoms with Crippen LogP contribution in [0.25, 0.3) is 0 Å². The van der Waals surface area contributed by atoms with Gasteiger partial charge in [-0.2, -0.15) is 0 Å². The molecule has 0 heterocycles. The highest BCUT2D eigenvalue weighted by Crippen LogP contribution is 2.42. The smallest absolute Gasteiger partial charge is 0.0702 e. The third-order valence-electron chi connectivity index (χ3n) is 3.71. The summed E-state index contributed by atoms with van der Waals surface area (Å²) < 4.78 is 0. The van der Waals surface area contributed by atoms with Crippen molar-refractivity contribution < 1.29 is 10.2 Å². The van der Waals surface area contributed by atoms with E-state index in [-0.39, 0.29) is 6.61 Å². The zero-order valence-electron chi connectivity index (χ0n) is 9.66. The van der Waals surface area contributed by atoms with Crippen molar-refractivity contribution >= 4 is 0 Å². The van der Waals surface area contributed by atoms with Crippen LogP contribution in [0.1, 0.15) is 46.5 Å². The second kappa shape index (κ2) is 4.63. The lowest BCUT2D eigenvalue weighted by Crippen LogP contribution is -2.46. The third-order valence-corrected chi connectivity index (χ3v) is 3.71. The van der Waals surface area contributed by atoms with E-state index in [9.17, 15) is 5.11 Å². The van der Waals surface area contributed by atoms with Gasteiger partial charge in [-0.25, -0.2) is 0 Å². The van der Waals surface area contributed by atoms with Crippen LogP contribution in [-0.2, 0) is 0 Å². The molecule has 0 aliphatic heterocycles. The highest BCUT2D eigenvalue weighted by atomic mass is 16.3. The van der Waals surface area contributed by atoms with Gasteiger partial charge in [0, 0.05) is 6.61 Å². The first kappa shape index (κ1) is 12.0. The summed E-state index contributed by atoms with van der Waals surface area (Å²) in [6.07, 6.45) is 3.72. The Kier molecular flexibility index (Phi) is 3.96. The van der Waals surface area contributed by atoms with Crippen molar-refractivity contribution in [2.24, 2.45) is 17.8 Å². The molecule has 1 fully saturated rings. The largest absolute Gasteiger partial charge is 0.396 e. The quantitative estimate of drug-likeness (QED) is 0.733. The molecule has 84 valence electrons. The average Bonchev–Trinajstić information content (AvgIpc) is 2.02. The van der Waals surface area contributed by atoms with E-state index in [0.29, 0.717) is 24.2 Å². The van der Waals surface area contributed by atoms with Crippen LogP contribution in [-0.4, -0.2) is 22.4 Å². The molecule has 1 rings (SSSR count). The molecular weight excluding hydrogens is 176 g/mol. The zero-order chi connectivity index (χ0) is 10.8. The Morgan fingerprint density at radius 2 is 2.00 bits per heavy atom. The summed E-state index contributed by atoms with van der Waals surface area (Å²) in [6, 6.07) is 0. The van der Waals surface area contributed by atoms with Gasteiger partial charge in [-0.3, -0.25) is 0 Å². The molecule has 0 amide bonds. The maximum Gasteiger partial charge on any atom is 0.0702 e. The standard InChI is InChI=1S/C12H24O2/c1-9(2)11-5-4-10(3)8-12(11,14)6-7-13/h9-11,13-14H,4-8H2,1-3H3/t10-,11-,12-/m0/s1. The van der Waals surface area contributed by atoms with E-state index < -0.39 is 5.60 Å². The highest BCUT2D eigenvalue weighted by Gasteiger charge is 2.41. The van der Waals surface area contributed by atoms with Gasteiger partial charge in [-0.05, 0) is 37.0 Å². The lowest BCUT2D eigenvalue weighted by Gasteiger charge is -2.44. The Hall–Kier alpha value is -0.0800. The topological polar surface area (TPSA) is 40.5 Å². The van der Waals surface area contributed by atoms with Crippen molar-refractivity contribution in [1.29, 1.82) is 0 Å². The minimum Gasteiger partial charge on any atom is -0.396 e. The Morgan fingerprint density at radius 1 is 1.36 bits per heavy atom. The van der Waals surface area contributed by atoms with Gasteiger partial charge in [0.1, 0.15) is 0 Å². The Labute approximate surface area is 87.3 Å². The van der Waals surface area contributed by atoms with Crippen LogP contribution in [0.3, 0.4) is 0 Å². The van der Waals surface area contributed by atoms with Crippen LogP contribution in [0, 0.1) is 17.8 Å². The normalized spacial score (nSPS) is 39.0. The van der Waals surface area contributed by atoms with Crippen molar-refractivity contribution in [2.45, 2.75) is 52.1 Å². The van der Waals surface area contributed by atoms with E-state index in [1.54, 1.807) is 0 Å². The SMILES string of the molecule is CC(C)[C@@H]1CC[C@H](C)C[C@@]1(O)CCO. The van der Waals surface area contributed by atoms with Crippen LogP contribution in [0.2, 0.25) is 0 Å². The summed E-state index contributed by atoms with van der Waals surface area (Å²) in [5, 5.41) is 19.5. The van der Waals surface area contributed by atoms with Gasteiger partial charge < -0.3 is 10.2 Å². The fourth-order valence-corrected chi connectivity index (χ4v) is 3.02. The minimum atomic E-state index is -0.611. The number of aliphatic hydroxyl groups is 2. The molecule has 3 atom stereocenters. The molecule has 1 aliphatic carbocycles. The Balaban J connectivity index is 2.72. The second-order valence-electron chi connectivity index (χ2n) is 5.31. The lowest BCUT2D eigenvalue weighted by molar-refractivity contribution is -0.0929.